The lowest BCUT2D eigenvalue weighted by atomic mass is 10.1. The molecular weight excluding hydrogens is 264 g/mol. The summed E-state index contributed by atoms with van der Waals surface area (Å²) in [5.74, 6) is 0.915. The van der Waals surface area contributed by atoms with E-state index < -0.39 is 0 Å². The molecule has 0 radical (unpaired) electrons. The number of pyridine rings is 1. The van der Waals surface area contributed by atoms with Crippen molar-refractivity contribution in [1.82, 2.24) is 4.98 Å². The standard InChI is InChI=1S/C17H16N2S/c1-12-4-6-15(18)17(9-12)20-11-13-5-7-16-14(10-13)3-2-8-19-16/h2-10H,11,18H2,1H3. The summed E-state index contributed by atoms with van der Waals surface area (Å²) in [4.78, 5) is 5.49. The third-order valence-electron chi connectivity index (χ3n) is 3.23. The zero-order valence-electron chi connectivity index (χ0n) is 11.3. The highest BCUT2D eigenvalue weighted by Crippen LogP contribution is 2.29. The van der Waals surface area contributed by atoms with E-state index in [1.165, 1.54) is 16.5 Å². The molecule has 0 spiro atoms. The summed E-state index contributed by atoms with van der Waals surface area (Å²) in [7, 11) is 0. The summed E-state index contributed by atoms with van der Waals surface area (Å²) in [6.07, 6.45) is 1.82. The fourth-order valence-corrected chi connectivity index (χ4v) is 3.15. The summed E-state index contributed by atoms with van der Waals surface area (Å²) < 4.78 is 0. The molecule has 0 saturated carbocycles. The molecular formula is C17H16N2S. The molecule has 0 bridgehead atoms. The number of nitrogens with two attached hydrogens (primary N) is 1. The zero-order valence-corrected chi connectivity index (χ0v) is 12.2. The molecule has 2 nitrogen and oxygen atoms in total. The second-order valence-corrected chi connectivity index (χ2v) is 5.88. The highest BCUT2D eigenvalue weighted by molar-refractivity contribution is 7.98. The normalized spacial score (nSPS) is 10.8. The maximum absolute atomic E-state index is 6.01. The van der Waals surface area contributed by atoms with Crippen LogP contribution in [0.2, 0.25) is 0 Å². The topological polar surface area (TPSA) is 38.9 Å². The molecule has 0 atom stereocenters. The van der Waals surface area contributed by atoms with Crippen LogP contribution in [0.25, 0.3) is 10.9 Å². The lowest BCUT2D eigenvalue weighted by Crippen LogP contribution is -1.90. The monoisotopic (exact) mass is 280 g/mol. The molecule has 1 heterocycles. The van der Waals surface area contributed by atoms with E-state index in [2.05, 4.69) is 42.2 Å². The molecule has 0 unspecified atom stereocenters. The number of anilines is 1. The average Bonchev–Trinajstić information content (AvgIpc) is 2.48. The lowest BCUT2D eigenvalue weighted by molar-refractivity contribution is 1.34. The third-order valence-corrected chi connectivity index (χ3v) is 4.37. The molecule has 0 aliphatic heterocycles. The second-order valence-electron chi connectivity index (χ2n) is 4.86. The van der Waals surface area contributed by atoms with Crippen LogP contribution in [0.5, 0.6) is 0 Å². The SMILES string of the molecule is Cc1ccc(N)c(SCc2ccc3ncccc3c2)c1. The minimum atomic E-state index is 0.850. The summed E-state index contributed by atoms with van der Waals surface area (Å²) in [6, 6.07) is 16.6. The van der Waals surface area contributed by atoms with Gasteiger partial charge < -0.3 is 5.73 Å². The Morgan fingerprint density at radius 1 is 1.10 bits per heavy atom. The molecule has 3 rings (SSSR count). The van der Waals surface area contributed by atoms with E-state index in [1.54, 1.807) is 11.8 Å². The molecule has 0 amide bonds. The van der Waals surface area contributed by atoms with Crippen LogP contribution in [0.3, 0.4) is 0 Å². The van der Waals surface area contributed by atoms with Crippen molar-refractivity contribution >= 4 is 28.4 Å². The number of hydrogen-bond acceptors (Lipinski definition) is 3. The zero-order chi connectivity index (χ0) is 13.9. The number of thioether (sulfide) groups is 1. The predicted octanol–water partition coefficient (Wildman–Crippen LogP) is 4.42. The number of nitrogen functional groups attached to an aromatic ring is 1. The van der Waals surface area contributed by atoms with Crippen molar-refractivity contribution in [2.24, 2.45) is 0 Å². The van der Waals surface area contributed by atoms with Crippen LogP contribution in [0.1, 0.15) is 11.1 Å². The molecule has 3 aromatic rings. The average molecular weight is 280 g/mol. The van der Waals surface area contributed by atoms with Gasteiger partial charge in [0.1, 0.15) is 0 Å². The van der Waals surface area contributed by atoms with Crippen LogP contribution in [-0.2, 0) is 5.75 Å². The molecule has 0 aliphatic rings. The van der Waals surface area contributed by atoms with Gasteiger partial charge in [-0.25, -0.2) is 0 Å². The van der Waals surface area contributed by atoms with Crippen molar-refractivity contribution in [3.8, 4) is 0 Å². The van der Waals surface area contributed by atoms with Gasteiger partial charge in [0.05, 0.1) is 5.52 Å². The molecule has 0 fully saturated rings. The number of aryl methyl sites for hydroxylation is 1. The summed E-state index contributed by atoms with van der Waals surface area (Å²) >= 11 is 1.78. The Morgan fingerprint density at radius 2 is 2.00 bits per heavy atom. The predicted molar refractivity (Wildman–Crippen MR) is 86.9 cm³/mol. The van der Waals surface area contributed by atoms with E-state index in [-0.39, 0.29) is 0 Å². The van der Waals surface area contributed by atoms with Gasteiger partial charge in [0.25, 0.3) is 0 Å². The van der Waals surface area contributed by atoms with Gasteiger partial charge in [0.2, 0.25) is 0 Å². The Bertz CT molecular complexity index is 753. The molecule has 20 heavy (non-hydrogen) atoms. The number of rotatable bonds is 3. The highest BCUT2D eigenvalue weighted by Gasteiger charge is 2.02. The van der Waals surface area contributed by atoms with Gasteiger partial charge in [-0.05, 0) is 48.4 Å². The number of hydrogen-bond donors (Lipinski definition) is 1. The van der Waals surface area contributed by atoms with Crippen molar-refractivity contribution in [3.63, 3.8) is 0 Å². The largest absolute Gasteiger partial charge is 0.398 e. The maximum atomic E-state index is 6.01. The third kappa shape index (κ3) is 2.78. The van der Waals surface area contributed by atoms with Gasteiger partial charge in [0.15, 0.2) is 0 Å². The first kappa shape index (κ1) is 13.0. The van der Waals surface area contributed by atoms with Crippen LogP contribution in [0, 0.1) is 6.92 Å². The van der Waals surface area contributed by atoms with Gasteiger partial charge in [-0.1, -0.05) is 18.2 Å². The number of aromatic nitrogens is 1. The van der Waals surface area contributed by atoms with E-state index >= 15 is 0 Å². The summed E-state index contributed by atoms with van der Waals surface area (Å²) in [6.45, 7) is 2.09. The van der Waals surface area contributed by atoms with E-state index in [0.29, 0.717) is 0 Å². The van der Waals surface area contributed by atoms with Crippen molar-refractivity contribution in [1.29, 1.82) is 0 Å². The quantitative estimate of drug-likeness (QED) is 0.570. The molecule has 2 aromatic carbocycles. The minimum Gasteiger partial charge on any atom is -0.398 e. The highest BCUT2D eigenvalue weighted by atomic mass is 32.2. The molecule has 2 N–H and O–H groups in total. The number of nitrogens with zero attached hydrogens (tertiary/aromatic N) is 1. The van der Waals surface area contributed by atoms with Crippen molar-refractivity contribution in [3.05, 3.63) is 65.9 Å². The Balaban J connectivity index is 1.81. The van der Waals surface area contributed by atoms with Gasteiger partial charge in [-0.2, -0.15) is 0 Å². The molecule has 100 valence electrons. The van der Waals surface area contributed by atoms with Crippen molar-refractivity contribution < 1.29 is 0 Å². The summed E-state index contributed by atoms with van der Waals surface area (Å²) in [5, 5.41) is 1.18. The maximum Gasteiger partial charge on any atom is 0.0702 e. The van der Waals surface area contributed by atoms with Crippen molar-refractivity contribution in [2.75, 3.05) is 5.73 Å². The Morgan fingerprint density at radius 3 is 2.90 bits per heavy atom. The van der Waals surface area contributed by atoms with Gasteiger partial charge >= 0.3 is 0 Å². The Hall–Kier alpha value is -2.00. The smallest absolute Gasteiger partial charge is 0.0702 e. The van der Waals surface area contributed by atoms with Crippen LogP contribution in [0.4, 0.5) is 5.69 Å². The minimum absolute atomic E-state index is 0.850. The van der Waals surface area contributed by atoms with Gasteiger partial charge in [0, 0.05) is 27.9 Å². The van der Waals surface area contributed by atoms with Crippen LogP contribution >= 0.6 is 11.8 Å². The number of fused-ring (bicyclic) bond motifs is 1. The summed E-state index contributed by atoms with van der Waals surface area (Å²) in [5.41, 5.74) is 10.4. The fraction of sp³-hybridized carbons (Fsp3) is 0.118. The Kier molecular flexibility index (Phi) is 3.61. The first-order chi connectivity index (χ1) is 9.72. The fourth-order valence-electron chi connectivity index (χ4n) is 2.14. The van der Waals surface area contributed by atoms with E-state index in [0.717, 1.165) is 21.9 Å². The molecule has 1 aromatic heterocycles. The Labute approximate surface area is 123 Å². The van der Waals surface area contributed by atoms with Crippen LogP contribution in [0.15, 0.2) is 59.6 Å². The first-order valence-corrected chi connectivity index (χ1v) is 7.53. The second kappa shape index (κ2) is 5.55. The van der Waals surface area contributed by atoms with Crippen molar-refractivity contribution in [2.45, 2.75) is 17.6 Å². The van der Waals surface area contributed by atoms with Crippen LogP contribution in [-0.4, -0.2) is 4.98 Å². The van der Waals surface area contributed by atoms with Crippen LogP contribution < -0.4 is 5.73 Å². The van der Waals surface area contributed by atoms with Gasteiger partial charge in [-0.3, -0.25) is 4.98 Å². The number of benzene rings is 2. The van der Waals surface area contributed by atoms with E-state index in [9.17, 15) is 0 Å². The van der Waals surface area contributed by atoms with E-state index in [1.807, 2.05) is 24.4 Å². The lowest BCUT2D eigenvalue weighted by Gasteiger charge is -2.07. The van der Waals surface area contributed by atoms with Gasteiger partial charge in [-0.15, -0.1) is 11.8 Å². The molecule has 0 saturated heterocycles. The molecule has 0 aliphatic carbocycles. The van der Waals surface area contributed by atoms with E-state index in [4.69, 9.17) is 5.73 Å². The first-order valence-electron chi connectivity index (χ1n) is 6.55. The molecule has 3 heteroatoms.